The Morgan fingerprint density at radius 2 is 0.556 bits per heavy atom. The Labute approximate surface area is 836 Å². The molecule has 12 atom stereocenters. The van der Waals surface area contributed by atoms with E-state index in [-0.39, 0.29) is 82.3 Å². The van der Waals surface area contributed by atoms with Gasteiger partial charge in [0, 0.05) is 114 Å². The Bertz CT molecular complexity index is 7060. The van der Waals surface area contributed by atoms with Crippen molar-refractivity contribution in [2.75, 3.05) is 26.6 Å². The van der Waals surface area contributed by atoms with Crippen LogP contribution in [0.5, 0.6) is 0 Å². The lowest BCUT2D eigenvalue weighted by atomic mass is 9.53. The standard InChI is InChI=1S/2C32H36N4O2.C28H25FN4O2.C27H30N4O2/c37-30(36-32-15-19-9-20(16-32)11-21(10-19)17-32)24-5-8-27-28(14-24)35-29(34-27)22-3-6-25(7-4-22)33-31(38)26-13-18-1-2-23(26)12-18;37-31(36-29-23-11-18-9-19(13-23)14-24(29)12-18)22-5-8-27-28(16-22)35-30(34-27)20-3-6-25(7-4-20)33-32(38)26-15-17-1-2-21(26)10-17;29-20-6-10-22(11-7-20)30-27(34)19-5-12-24-25(15-19)33-26(32-24)17-3-8-21(9-4-17)31-28(35)23-14-16-1-2-18(23)13-16;32-26(28-20-3-1-2-4-20)19-9-12-23-24(15-19)31-25(30-23)17-7-10-21(11-8-17)29-27(33)22-14-16-5-6-18(22)13-16/h3-8,14,18-21,23,26H,1-2,9-13,15-17H2,(H,33,38)(H,34,35)(H,36,37);3-8,16-19,21,23-24,26,29H,1-2,9-15H2,(H,33,38)(H,34,35)(H,36,37);3-12,15-16,18,23H,1-2,13-14H2,(H,30,34)(H,31,35)(H,32,33);7-12,15-16,18,20,22H,1-6,13-14H2,(H,28,32)(H,29,33)(H,30,31). The van der Waals surface area contributed by atoms with Gasteiger partial charge in [0.2, 0.25) is 23.6 Å². The van der Waals surface area contributed by atoms with Crippen LogP contribution in [-0.4, -0.2) is 105 Å². The highest BCUT2D eigenvalue weighted by Gasteiger charge is 2.54. The minimum atomic E-state index is -0.356. The quantitative estimate of drug-likeness (QED) is 0.0339. The number of carbonyl (C=O) groups is 8. The fourth-order valence-corrected chi connectivity index (χ4v) is 30.2. The van der Waals surface area contributed by atoms with E-state index in [1.807, 2.05) is 152 Å². The largest absolute Gasteiger partial charge is 0.349 e. The molecule has 17 fully saturated rings. The summed E-state index contributed by atoms with van der Waals surface area (Å²) in [6.45, 7) is 0. The van der Waals surface area contributed by atoms with Crippen LogP contribution in [0.1, 0.15) is 240 Å². The van der Waals surface area contributed by atoms with Gasteiger partial charge < -0.3 is 62.5 Å². The van der Waals surface area contributed by atoms with E-state index in [1.165, 1.54) is 166 Å². The maximum absolute atomic E-state index is 13.3. The van der Waals surface area contributed by atoms with Crippen molar-refractivity contribution in [3.63, 3.8) is 0 Å². The first-order chi connectivity index (χ1) is 70.2. The minimum Gasteiger partial charge on any atom is -0.349 e. The van der Waals surface area contributed by atoms with Gasteiger partial charge in [-0.25, -0.2) is 24.3 Å². The van der Waals surface area contributed by atoms with Gasteiger partial charge in [-0.1, -0.05) is 38.5 Å². The number of hydrogen-bond donors (Lipinski definition) is 12. The number of H-pyrrole nitrogens is 4. The number of aromatic nitrogens is 8. The van der Waals surface area contributed by atoms with Crippen LogP contribution in [0.2, 0.25) is 0 Å². The Hall–Kier alpha value is -13.5. The van der Waals surface area contributed by atoms with Gasteiger partial charge in [0.05, 0.1) is 44.1 Å². The van der Waals surface area contributed by atoms with Crippen LogP contribution >= 0.6 is 0 Å². The summed E-state index contributed by atoms with van der Waals surface area (Å²) >= 11 is 0. The van der Waals surface area contributed by atoms with Crippen molar-refractivity contribution in [2.45, 2.75) is 217 Å². The van der Waals surface area contributed by atoms with Crippen LogP contribution in [0.4, 0.5) is 32.8 Å². The number of anilines is 5. The number of amides is 8. The summed E-state index contributed by atoms with van der Waals surface area (Å²) in [6.07, 6.45) is 37.8. The van der Waals surface area contributed by atoms with Gasteiger partial charge in [0.25, 0.3) is 23.6 Å². The fourth-order valence-electron chi connectivity index (χ4n) is 30.2. The fraction of sp³-hybridized carbons (Fsp3) is 0.445. The number of imidazole rings is 4. The van der Waals surface area contributed by atoms with E-state index in [9.17, 15) is 42.7 Å². The molecular formula is C119H127FN16O8. The summed E-state index contributed by atoms with van der Waals surface area (Å²) in [7, 11) is 0. The molecule has 24 nitrogen and oxygen atoms in total. The Kier molecular flexibility index (Phi) is 24.4. The summed E-state index contributed by atoms with van der Waals surface area (Å²) < 4.78 is 13.1. The van der Waals surface area contributed by atoms with Crippen molar-refractivity contribution < 1.29 is 42.7 Å². The normalized spacial score (nSPS) is 28.9. The first-order valence-corrected chi connectivity index (χ1v) is 53.8. The zero-order valence-electron chi connectivity index (χ0n) is 81.5. The summed E-state index contributed by atoms with van der Waals surface area (Å²) in [5, 5.41) is 25.3. The van der Waals surface area contributed by atoms with E-state index in [0.717, 1.165) is 218 Å². The number of benzene rings is 9. The molecule has 0 radical (unpaired) electrons. The molecule has 17 aliphatic carbocycles. The van der Waals surface area contributed by atoms with Crippen molar-refractivity contribution in [1.29, 1.82) is 0 Å². The number of aromatic amines is 4. The SMILES string of the molecule is O=C(NC12CC3CC(CC(C3)C1)C2)c1ccc2nc(-c3ccc(NC(=O)C4CC5CCC4C5)cc3)[nH]c2c1.O=C(NC1C2CC3CC(C2)CC1C3)c1ccc2nc(-c3ccc(NC(=O)C4CC5CCC4C5)cc3)[nH]c2c1.O=C(NC1CCCC1)c1ccc2nc(-c3ccc(NC(=O)C4CC5CCC4C5)cc3)[nH]c2c1.O=C(Nc1ccc(F)cc1)c1ccc2nc(-c3ccc(NC(=O)C4CC5CCC4C5)cc3)[nH]c2c1. The smallest absolute Gasteiger partial charge is 0.255 e. The maximum atomic E-state index is 13.3. The summed E-state index contributed by atoms with van der Waals surface area (Å²) in [6, 6.07) is 59.9. The van der Waals surface area contributed by atoms with Crippen molar-refractivity contribution >= 4 is 120 Å². The Balaban J connectivity index is 0.000000101. The molecule has 25 heteroatoms. The molecule has 12 unspecified atom stereocenters. The third-order valence-electron chi connectivity index (χ3n) is 36.7. The molecule has 30 rings (SSSR count). The number of carbonyl (C=O) groups excluding carboxylic acids is 8. The van der Waals surface area contributed by atoms with Crippen LogP contribution < -0.4 is 42.5 Å². The van der Waals surface area contributed by atoms with E-state index in [0.29, 0.717) is 81.4 Å². The van der Waals surface area contributed by atoms with Crippen molar-refractivity contribution in [1.82, 2.24) is 55.8 Å². The number of hydrogen-bond acceptors (Lipinski definition) is 12. The topological polar surface area (TPSA) is 348 Å². The molecule has 12 N–H and O–H groups in total. The van der Waals surface area contributed by atoms with Crippen LogP contribution in [0.15, 0.2) is 194 Å². The number of rotatable bonds is 20. The molecule has 0 saturated heterocycles. The zero-order chi connectivity index (χ0) is 97.1. The lowest BCUT2D eigenvalue weighted by Crippen LogP contribution is -2.59. The van der Waals surface area contributed by atoms with Crippen LogP contribution in [0.25, 0.3) is 89.7 Å². The third kappa shape index (κ3) is 19.0. The van der Waals surface area contributed by atoms with Crippen molar-refractivity contribution in [2.24, 2.45) is 112 Å². The number of fused-ring (bicyclic) bond motifs is 12. The lowest BCUT2D eigenvalue weighted by Gasteiger charge is -2.56. The molecule has 13 aromatic rings. The highest BCUT2D eigenvalue weighted by molar-refractivity contribution is 6.07. The molecule has 144 heavy (non-hydrogen) atoms. The van der Waals surface area contributed by atoms with Gasteiger partial charge in [-0.2, -0.15) is 0 Å². The van der Waals surface area contributed by atoms with Crippen molar-refractivity contribution in [3.8, 4) is 45.6 Å². The highest BCUT2D eigenvalue weighted by Crippen LogP contribution is 2.58. The third-order valence-corrected chi connectivity index (χ3v) is 36.7. The molecule has 4 heterocycles. The molecule has 8 amide bonds. The van der Waals surface area contributed by atoms with Crippen molar-refractivity contribution in [3.05, 3.63) is 222 Å². The molecule has 0 aliphatic heterocycles. The predicted molar refractivity (Wildman–Crippen MR) is 557 cm³/mol. The molecule has 17 saturated carbocycles. The molecule has 0 spiro atoms. The molecule has 16 bridgehead atoms. The molecule has 4 aromatic heterocycles. The van der Waals surface area contributed by atoms with Gasteiger partial charge in [0.15, 0.2) is 0 Å². The van der Waals surface area contributed by atoms with E-state index in [1.54, 1.807) is 18.2 Å². The van der Waals surface area contributed by atoms with E-state index < -0.39 is 0 Å². The minimum absolute atomic E-state index is 0.00838. The summed E-state index contributed by atoms with van der Waals surface area (Å²) in [4.78, 5) is 135. The molecule has 738 valence electrons. The van der Waals surface area contributed by atoms with Crippen LogP contribution in [0, 0.1) is 118 Å². The average Bonchev–Trinajstić information content (AvgIpc) is 1.38. The van der Waals surface area contributed by atoms with Gasteiger partial charge in [-0.3, -0.25) is 38.4 Å². The highest BCUT2D eigenvalue weighted by atomic mass is 19.1. The molecule has 9 aromatic carbocycles. The number of nitrogens with one attached hydrogen (secondary N) is 12. The number of nitrogens with zero attached hydrogens (tertiary/aromatic N) is 4. The second-order valence-corrected chi connectivity index (χ2v) is 46.2. The van der Waals surface area contributed by atoms with Crippen LogP contribution in [0.3, 0.4) is 0 Å². The van der Waals surface area contributed by atoms with Gasteiger partial charge >= 0.3 is 0 Å². The van der Waals surface area contributed by atoms with Gasteiger partial charge in [-0.15, -0.1) is 0 Å². The average molecular weight is 1930 g/mol. The van der Waals surface area contributed by atoms with E-state index in [2.05, 4.69) is 67.5 Å². The number of halogens is 1. The van der Waals surface area contributed by atoms with E-state index in [4.69, 9.17) is 15.0 Å². The van der Waals surface area contributed by atoms with Gasteiger partial charge in [0.1, 0.15) is 29.1 Å². The second-order valence-electron chi connectivity index (χ2n) is 46.2. The zero-order valence-corrected chi connectivity index (χ0v) is 81.5. The first-order valence-electron chi connectivity index (χ1n) is 53.8. The molecular weight excluding hydrogens is 1800 g/mol. The Morgan fingerprint density at radius 3 is 0.868 bits per heavy atom. The second kappa shape index (κ2) is 38.3. The van der Waals surface area contributed by atoms with Gasteiger partial charge in [-0.05, 0) is 443 Å². The first kappa shape index (κ1) is 91.7. The maximum Gasteiger partial charge on any atom is 0.255 e. The monoisotopic (exact) mass is 1930 g/mol. The lowest BCUT2D eigenvalue weighted by molar-refractivity contribution is -0.122. The van der Waals surface area contributed by atoms with Crippen LogP contribution in [-0.2, 0) is 19.2 Å². The summed E-state index contributed by atoms with van der Waals surface area (Å²) in [5.41, 5.74) is 16.7. The molecule has 17 aliphatic rings. The Morgan fingerprint density at radius 1 is 0.271 bits per heavy atom. The van der Waals surface area contributed by atoms with E-state index >= 15 is 0 Å². The predicted octanol–water partition coefficient (Wildman–Crippen LogP) is 23.7. The summed E-state index contributed by atoms with van der Waals surface area (Å²) in [5.74, 6) is 14.6.